The van der Waals surface area contributed by atoms with Crippen LogP contribution in [0, 0.1) is 13.8 Å². The number of nitrogens with two attached hydrogens (primary N) is 1. The van der Waals surface area contributed by atoms with Crippen molar-refractivity contribution in [3.63, 3.8) is 0 Å². The molecule has 0 amide bonds. The van der Waals surface area contributed by atoms with E-state index >= 15 is 0 Å². The van der Waals surface area contributed by atoms with Crippen LogP contribution in [0.1, 0.15) is 11.1 Å². The molecule has 1 aromatic carbocycles. The molecule has 0 spiro atoms. The summed E-state index contributed by atoms with van der Waals surface area (Å²) in [5.74, 6) is 5.97. The minimum Gasteiger partial charge on any atom is -0.333 e. The Kier molecular flexibility index (Phi) is 2.82. The number of aryl methyl sites for hydroxylation is 2. The average molecular weight is 230 g/mol. The Hall–Kier alpha value is -2.30. The molecule has 0 bridgehead atoms. The summed E-state index contributed by atoms with van der Waals surface area (Å²) >= 11 is 0. The summed E-state index contributed by atoms with van der Waals surface area (Å²) < 4.78 is 1.01. The second-order valence-electron chi connectivity index (χ2n) is 3.93. The van der Waals surface area contributed by atoms with Gasteiger partial charge in [-0.05, 0) is 31.5 Å². The van der Waals surface area contributed by atoms with Crippen LogP contribution in [-0.2, 0) is 0 Å². The summed E-state index contributed by atoms with van der Waals surface area (Å²) in [6, 6.07) is 7.75. The van der Waals surface area contributed by atoms with Crippen molar-refractivity contribution in [1.82, 2.24) is 9.66 Å². The number of hydrogen-bond donors (Lipinski definition) is 2. The lowest BCUT2D eigenvalue weighted by molar-refractivity contribution is 0.886. The minimum atomic E-state index is -0.254. The van der Waals surface area contributed by atoms with Crippen LogP contribution in [-0.4, -0.2) is 9.66 Å². The molecule has 3 N–H and O–H groups in total. The highest BCUT2D eigenvalue weighted by Crippen LogP contribution is 2.13. The van der Waals surface area contributed by atoms with Crippen molar-refractivity contribution in [2.45, 2.75) is 13.8 Å². The molecule has 88 valence electrons. The van der Waals surface area contributed by atoms with Gasteiger partial charge in [0.05, 0.1) is 0 Å². The number of aromatic nitrogens is 2. The van der Waals surface area contributed by atoms with E-state index in [0.717, 1.165) is 15.9 Å². The van der Waals surface area contributed by atoms with Crippen molar-refractivity contribution in [1.29, 1.82) is 0 Å². The third kappa shape index (κ3) is 2.28. The molecular formula is C12H14N4O. The quantitative estimate of drug-likeness (QED) is 0.763. The lowest BCUT2D eigenvalue weighted by Crippen LogP contribution is -2.31. The third-order valence-corrected chi connectivity index (χ3v) is 2.44. The second-order valence-corrected chi connectivity index (χ2v) is 3.93. The summed E-state index contributed by atoms with van der Waals surface area (Å²) in [6.07, 6.45) is 1.50. The van der Waals surface area contributed by atoms with Gasteiger partial charge in [0.2, 0.25) is 5.95 Å². The topological polar surface area (TPSA) is 72.9 Å². The smallest absolute Gasteiger partial charge is 0.276 e. The molecule has 0 unspecified atom stereocenters. The summed E-state index contributed by atoms with van der Waals surface area (Å²) in [5.41, 5.74) is 2.23. The maximum absolute atomic E-state index is 11.6. The van der Waals surface area contributed by atoms with Crippen LogP contribution < -0.4 is 16.7 Å². The van der Waals surface area contributed by atoms with Crippen LogP contribution in [0.2, 0.25) is 0 Å². The minimum absolute atomic E-state index is 0.254. The number of nitrogens with one attached hydrogen (secondary N) is 1. The summed E-state index contributed by atoms with van der Waals surface area (Å²) in [7, 11) is 0. The van der Waals surface area contributed by atoms with Crippen LogP contribution >= 0.6 is 0 Å². The van der Waals surface area contributed by atoms with Crippen LogP contribution in [0.4, 0.5) is 11.6 Å². The molecule has 0 aliphatic heterocycles. The summed E-state index contributed by atoms with van der Waals surface area (Å²) in [4.78, 5) is 15.7. The van der Waals surface area contributed by atoms with Gasteiger partial charge in [0, 0.05) is 17.4 Å². The van der Waals surface area contributed by atoms with Crippen molar-refractivity contribution in [2.24, 2.45) is 0 Å². The summed E-state index contributed by atoms with van der Waals surface area (Å²) in [6.45, 7) is 3.67. The predicted molar refractivity (Wildman–Crippen MR) is 67.8 cm³/mol. The molecule has 17 heavy (non-hydrogen) atoms. The molecule has 1 heterocycles. The predicted octanol–water partition coefficient (Wildman–Crippen LogP) is 1.32. The van der Waals surface area contributed by atoms with Gasteiger partial charge >= 0.3 is 0 Å². The Morgan fingerprint density at radius 2 is 2.12 bits per heavy atom. The second kappa shape index (κ2) is 4.29. The first-order valence-corrected chi connectivity index (χ1v) is 5.25. The molecule has 1 aromatic heterocycles. The van der Waals surface area contributed by atoms with Crippen molar-refractivity contribution in [3.05, 3.63) is 51.9 Å². The highest BCUT2D eigenvalue weighted by atomic mass is 16.1. The molecule has 0 atom stereocenters. The molecule has 0 radical (unpaired) electrons. The van der Waals surface area contributed by atoms with Crippen molar-refractivity contribution < 1.29 is 0 Å². The van der Waals surface area contributed by atoms with Gasteiger partial charge in [-0.1, -0.05) is 12.1 Å². The molecular weight excluding hydrogens is 216 g/mol. The third-order valence-electron chi connectivity index (χ3n) is 2.44. The van der Waals surface area contributed by atoms with Crippen molar-refractivity contribution in [3.8, 4) is 0 Å². The Morgan fingerprint density at radius 3 is 2.82 bits per heavy atom. The first-order chi connectivity index (χ1) is 8.08. The summed E-state index contributed by atoms with van der Waals surface area (Å²) in [5, 5.41) is 3.01. The first kappa shape index (κ1) is 11.2. The number of nitrogens with zero attached hydrogens (tertiary/aromatic N) is 2. The Bertz CT molecular complexity index is 604. The molecule has 0 saturated carbocycles. The van der Waals surface area contributed by atoms with Gasteiger partial charge in [0.25, 0.3) is 5.56 Å². The van der Waals surface area contributed by atoms with E-state index in [-0.39, 0.29) is 5.56 Å². The van der Waals surface area contributed by atoms with E-state index in [1.165, 1.54) is 6.20 Å². The van der Waals surface area contributed by atoms with E-state index in [0.29, 0.717) is 11.5 Å². The lowest BCUT2D eigenvalue weighted by Gasteiger charge is -2.10. The number of benzene rings is 1. The fourth-order valence-electron chi connectivity index (χ4n) is 1.51. The fourth-order valence-corrected chi connectivity index (χ4v) is 1.51. The van der Waals surface area contributed by atoms with Crippen LogP contribution in [0.15, 0.2) is 35.3 Å². The van der Waals surface area contributed by atoms with E-state index in [1.807, 2.05) is 31.2 Å². The zero-order valence-electron chi connectivity index (χ0n) is 9.77. The molecule has 5 nitrogen and oxygen atoms in total. The van der Waals surface area contributed by atoms with E-state index in [9.17, 15) is 4.79 Å². The number of nitrogen functional groups attached to an aromatic ring is 1. The fraction of sp³-hybridized carbons (Fsp3) is 0.167. The Balaban J connectivity index is 2.37. The average Bonchev–Trinajstić information content (AvgIpc) is 2.30. The molecule has 0 aliphatic carbocycles. The highest BCUT2D eigenvalue weighted by Gasteiger charge is 2.04. The van der Waals surface area contributed by atoms with Gasteiger partial charge in [-0.3, -0.25) is 4.79 Å². The zero-order chi connectivity index (χ0) is 12.4. The normalized spacial score (nSPS) is 10.2. The number of hydrogen-bond acceptors (Lipinski definition) is 4. The molecule has 5 heteroatoms. The maximum Gasteiger partial charge on any atom is 0.276 e. The van der Waals surface area contributed by atoms with Gasteiger partial charge < -0.3 is 11.2 Å². The maximum atomic E-state index is 11.6. The molecule has 0 fully saturated rings. The van der Waals surface area contributed by atoms with Gasteiger partial charge in [-0.15, -0.1) is 0 Å². The van der Waals surface area contributed by atoms with E-state index in [4.69, 9.17) is 5.84 Å². The number of rotatable bonds is 2. The van der Waals surface area contributed by atoms with E-state index in [2.05, 4.69) is 10.3 Å². The first-order valence-electron chi connectivity index (χ1n) is 5.25. The largest absolute Gasteiger partial charge is 0.333 e. The lowest BCUT2D eigenvalue weighted by atomic mass is 10.2. The highest BCUT2D eigenvalue weighted by molar-refractivity contribution is 5.54. The van der Waals surface area contributed by atoms with Crippen LogP contribution in [0.25, 0.3) is 0 Å². The van der Waals surface area contributed by atoms with E-state index < -0.39 is 0 Å². The molecule has 2 rings (SSSR count). The van der Waals surface area contributed by atoms with Gasteiger partial charge in [-0.25, -0.2) is 4.98 Å². The van der Waals surface area contributed by atoms with E-state index in [1.54, 1.807) is 6.92 Å². The number of anilines is 2. The Labute approximate surface area is 98.9 Å². The Morgan fingerprint density at radius 1 is 1.35 bits per heavy atom. The van der Waals surface area contributed by atoms with Gasteiger partial charge in [-0.2, -0.15) is 4.68 Å². The van der Waals surface area contributed by atoms with Crippen molar-refractivity contribution in [2.75, 3.05) is 11.2 Å². The van der Waals surface area contributed by atoms with Gasteiger partial charge in [0.1, 0.15) is 0 Å². The monoisotopic (exact) mass is 230 g/mol. The van der Waals surface area contributed by atoms with Crippen LogP contribution in [0.3, 0.4) is 0 Å². The molecule has 0 saturated heterocycles. The van der Waals surface area contributed by atoms with Gasteiger partial charge in [0.15, 0.2) is 0 Å². The van der Waals surface area contributed by atoms with Crippen LogP contribution in [0.5, 0.6) is 0 Å². The SMILES string of the molecule is Cc1cccc(Nc2ncc(C)c(=O)n2N)c1. The zero-order valence-corrected chi connectivity index (χ0v) is 9.77. The van der Waals surface area contributed by atoms with Crippen molar-refractivity contribution >= 4 is 11.6 Å². The standard InChI is InChI=1S/C12H14N4O/c1-8-4-3-5-10(6-8)15-12-14-7-9(2)11(17)16(12)13/h3-7H,13H2,1-2H3,(H,14,15). The molecule has 0 aliphatic rings. The molecule has 2 aromatic rings.